The normalized spacial score (nSPS) is 17.4. The summed E-state index contributed by atoms with van der Waals surface area (Å²) in [6, 6.07) is 0. The molecule has 0 aromatic heterocycles. The summed E-state index contributed by atoms with van der Waals surface area (Å²) in [5.41, 5.74) is 0. The first-order chi connectivity index (χ1) is 8.18. The molecule has 0 spiro atoms. The third kappa shape index (κ3) is 7.34. The predicted molar refractivity (Wildman–Crippen MR) is 68.9 cm³/mol. The zero-order chi connectivity index (χ0) is 12.5. The van der Waals surface area contributed by atoms with Gasteiger partial charge in [-0.25, -0.2) is 0 Å². The maximum absolute atomic E-state index is 11.6. The van der Waals surface area contributed by atoms with Gasteiger partial charge in [-0.05, 0) is 37.8 Å². The van der Waals surface area contributed by atoms with E-state index in [0.717, 1.165) is 32.5 Å². The summed E-state index contributed by atoms with van der Waals surface area (Å²) < 4.78 is 5.41. The maximum Gasteiger partial charge on any atom is 0.220 e. The highest BCUT2D eigenvalue weighted by Gasteiger charge is 2.16. The number of nitrogens with one attached hydrogen (secondary N) is 2. The lowest BCUT2D eigenvalue weighted by atomic mass is 9.94. The molecule has 1 aliphatic heterocycles. The number of carbonyl (C=O) groups excluding carboxylic acids is 1. The Labute approximate surface area is 104 Å². The van der Waals surface area contributed by atoms with Crippen LogP contribution < -0.4 is 10.6 Å². The van der Waals surface area contributed by atoms with Crippen molar-refractivity contribution in [3.05, 3.63) is 0 Å². The van der Waals surface area contributed by atoms with E-state index in [1.807, 2.05) is 0 Å². The molecule has 0 radical (unpaired) electrons. The van der Waals surface area contributed by atoms with Crippen molar-refractivity contribution in [1.82, 2.24) is 10.6 Å². The molecule has 4 heteroatoms. The molecular formula is C13H26N2O2. The summed E-state index contributed by atoms with van der Waals surface area (Å²) in [6.07, 6.45) is 2.92. The maximum atomic E-state index is 11.6. The van der Waals surface area contributed by atoms with Crippen LogP contribution in [0.3, 0.4) is 0 Å². The molecule has 1 saturated heterocycles. The van der Waals surface area contributed by atoms with Gasteiger partial charge in [0.15, 0.2) is 0 Å². The van der Waals surface area contributed by atoms with Gasteiger partial charge in [0.1, 0.15) is 0 Å². The molecule has 0 aromatic carbocycles. The first-order valence-electron chi connectivity index (χ1n) is 6.73. The summed E-state index contributed by atoms with van der Waals surface area (Å²) in [7, 11) is 0. The Morgan fingerprint density at radius 1 is 1.41 bits per heavy atom. The van der Waals surface area contributed by atoms with E-state index in [1.165, 1.54) is 0 Å². The van der Waals surface area contributed by atoms with Crippen molar-refractivity contribution in [2.45, 2.75) is 33.1 Å². The van der Waals surface area contributed by atoms with E-state index >= 15 is 0 Å². The third-order valence-electron chi connectivity index (χ3n) is 2.95. The number of hydrogen-bond acceptors (Lipinski definition) is 3. The predicted octanol–water partition coefficient (Wildman–Crippen LogP) is 1.16. The van der Waals surface area contributed by atoms with Crippen molar-refractivity contribution in [2.75, 3.05) is 32.8 Å². The van der Waals surface area contributed by atoms with Gasteiger partial charge in [-0.3, -0.25) is 4.79 Å². The molecule has 100 valence electrons. The molecule has 1 heterocycles. The third-order valence-corrected chi connectivity index (χ3v) is 2.95. The highest BCUT2D eigenvalue weighted by molar-refractivity contribution is 5.76. The molecule has 0 bridgehead atoms. The lowest BCUT2D eigenvalue weighted by Crippen LogP contribution is -2.33. The molecule has 4 nitrogen and oxygen atoms in total. The van der Waals surface area contributed by atoms with Crippen molar-refractivity contribution in [3.63, 3.8) is 0 Å². The summed E-state index contributed by atoms with van der Waals surface area (Å²) in [4.78, 5) is 11.6. The van der Waals surface area contributed by atoms with E-state index in [-0.39, 0.29) is 5.91 Å². The molecule has 1 fully saturated rings. The molecule has 0 atom stereocenters. The second-order valence-electron chi connectivity index (χ2n) is 5.22. The Bertz CT molecular complexity index is 213. The molecule has 0 aliphatic carbocycles. The molecule has 0 saturated carbocycles. The van der Waals surface area contributed by atoms with E-state index in [2.05, 4.69) is 24.5 Å². The van der Waals surface area contributed by atoms with Gasteiger partial charge in [0.05, 0.1) is 6.61 Å². The Kier molecular flexibility index (Phi) is 7.21. The number of piperidine rings is 1. The zero-order valence-electron chi connectivity index (χ0n) is 11.1. The van der Waals surface area contributed by atoms with E-state index < -0.39 is 0 Å². The molecule has 17 heavy (non-hydrogen) atoms. The molecule has 1 rings (SSSR count). The van der Waals surface area contributed by atoms with Crippen LogP contribution in [0.15, 0.2) is 0 Å². The lowest BCUT2D eigenvalue weighted by Gasteiger charge is -2.21. The van der Waals surface area contributed by atoms with E-state index in [4.69, 9.17) is 4.74 Å². The minimum absolute atomic E-state index is 0.171. The highest BCUT2D eigenvalue weighted by Crippen LogP contribution is 2.15. The average molecular weight is 242 g/mol. The molecule has 2 N–H and O–H groups in total. The van der Waals surface area contributed by atoms with Gasteiger partial charge in [-0.15, -0.1) is 0 Å². The molecular weight excluding hydrogens is 216 g/mol. The largest absolute Gasteiger partial charge is 0.379 e. The Balaban J connectivity index is 1.97. The average Bonchev–Trinajstić information content (AvgIpc) is 2.29. The number of ether oxygens (including phenoxy) is 1. The molecule has 0 unspecified atom stereocenters. The fourth-order valence-corrected chi connectivity index (χ4v) is 2.00. The fourth-order valence-electron chi connectivity index (χ4n) is 2.00. The van der Waals surface area contributed by atoms with Crippen LogP contribution in [-0.2, 0) is 9.53 Å². The van der Waals surface area contributed by atoms with Gasteiger partial charge in [0.25, 0.3) is 0 Å². The molecule has 0 aromatic rings. The van der Waals surface area contributed by atoms with Crippen LogP contribution >= 0.6 is 0 Å². The van der Waals surface area contributed by atoms with Crippen molar-refractivity contribution < 1.29 is 9.53 Å². The van der Waals surface area contributed by atoms with Gasteiger partial charge < -0.3 is 15.4 Å². The monoisotopic (exact) mass is 242 g/mol. The SMILES string of the molecule is CC(C)COCCNC(=O)CC1CCNCC1. The van der Waals surface area contributed by atoms with Crippen molar-refractivity contribution in [1.29, 1.82) is 0 Å². The van der Waals surface area contributed by atoms with Crippen LogP contribution in [-0.4, -0.2) is 38.8 Å². The Morgan fingerprint density at radius 2 is 2.12 bits per heavy atom. The summed E-state index contributed by atoms with van der Waals surface area (Å²) in [5, 5.41) is 6.23. The van der Waals surface area contributed by atoms with Gasteiger partial charge in [0.2, 0.25) is 5.91 Å². The first-order valence-corrected chi connectivity index (χ1v) is 6.73. The summed E-state index contributed by atoms with van der Waals surface area (Å²) >= 11 is 0. The van der Waals surface area contributed by atoms with E-state index in [9.17, 15) is 4.79 Å². The van der Waals surface area contributed by atoms with Crippen molar-refractivity contribution >= 4 is 5.91 Å². The van der Waals surface area contributed by atoms with Gasteiger partial charge in [-0.2, -0.15) is 0 Å². The number of amides is 1. The summed E-state index contributed by atoms with van der Waals surface area (Å²) in [5.74, 6) is 1.29. The number of carbonyl (C=O) groups is 1. The second kappa shape index (κ2) is 8.48. The molecule has 1 aliphatic rings. The van der Waals surface area contributed by atoms with Crippen LogP contribution in [0.4, 0.5) is 0 Å². The van der Waals surface area contributed by atoms with E-state index in [0.29, 0.717) is 31.4 Å². The lowest BCUT2D eigenvalue weighted by molar-refractivity contribution is -0.122. The van der Waals surface area contributed by atoms with Crippen LogP contribution in [0, 0.1) is 11.8 Å². The summed E-state index contributed by atoms with van der Waals surface area (Å²) in [6.45, 7) is 8.37. The minimum atomic E-state index is 0.171. The quantitative estimate of drug-likeness (QED) is 0.659. The van der Waals surface area contributed by atoms with Crippen LogP contribution in [0.25, 0.3) is 0 Å². The minimum Gasteiger partial charge on any atom is -0.379 e. The second-order valence-corrected chi connectivity index (χ2v) is 5.22. The highest BCUT2D eigenvalue weighted by atomic mass is 16.5. The number of hydrogen-bond donors (Lipinski definition) is 2. The van der Waals surface area contributed by atoms with E-state index in [1.54, 1.807) is 0 Å². The first kappa shape index (κ1) is 14.5. The zero-order valence-corrected chi connectivity index (χ0v) is 11.1. The topological polar surface area (TPSA) is 50.4 Å². The van der Waals surface area contributed by atoms with Crippen LogP contribution in [0.2, 0.25) is 0 Å². The fraction of sp³-hybridized carbons (Fsp3) is 0.923. The van der Waals surface area contributed by atoms with Gasteiger partial charge in [-0.1, -0.05) is 13.8 Å². The van der Waals surface area contributed by atoms with Gasteiger partial charge in [0, 0.05) is 19.6 Å². The Morgan fingerprint density at radius 3 is 2.76 bits per heavy atom. The standard InChI is InChI=1S/C13H26N2O2/c1-11(2)10-17-8-7-15-13(16)9-12-3-5-14-6-4-12/h11-12,14H,3-10H2,1-2H3,(H,15,16). The van der Waals surface area contributed by atoms with Crippen molar-refractivity contribution in [2.24, 2.45) is 11.8 Å². The number of rotatable bonds is 7. The van der Waals surface area contributed by atoms with Crippen molar-refractivity contribution in [3.8, 4) is 0 Å². The van der Waals surface area contributed by atoms with Crippen LogP contribution in [0.1, 0.15) is 33.1 Å². The Hall–Kier alpha value is -0.610. The molecule has 1 amide bonds. The van der Waals surface area contributed by atoms with Crippen LogP contribution in [0.5, 0.6) is 0 Å². The smallest absolute Gasteiger partial charge is 0.220 e. The van der Waals surface area contributed by atoms with Gasteiger partial charge >= 0.3 is 0 Å².